The van der Waals surface area contributed by atoms with Crippen LogP contribution in [-0.2, 0) is 14.3 Å². The van der Waals surface area contributed by atoms with Gasteiger partial charge in [-0.2, -0.15) is 0 Å². The van der Waals surface area contributed by atoms with E-state index in [4.69, 9.17) is 14.9 Å². The monoisotopic (exact) mass is 219 g/mol. The molecule has 0 fully saturated rings. The molecule has 0 bridgehead atoms. The van der Waals surface area contributed by atoms with E-state index in [0.29, 0.717) is 19.4 Å². The fourth-order valence-electron chi connectivity index (χ4n) is 0.909. The lowest BCUT2D eigenvalue weighted by molar-refractivity contribution is -0.137. The van der Waals surface area contributed by atoms with Crippen molar-refractivity contribution in [3.8, 4) is 0 Å². The topological polar surface area (TPSA) is 95.9 Å². The second-order valence-electron chi connectivity index (χ2n) is 2.98. The van der Waals surface area contributed by atoms with Crippen LogP contribution in [0.2, 0.25) is 0 Å². The highest BCUT2D eigenvalue weighted by Gasteiger charge is 2.00. The molecule has 0 aliphatic carbocycles. The first kappa shape index (κ1) is 13.9. The largest absolute Gasteiger partial charge is 0.481 e. The van der Waals surface area contributed by atoms with E-state index in [1.165, 1.54) is 0 Å². The summed E-state index contributed by atoms with van der Waals surface area (Å²) in [7, 11) is 0. The van der Waals surface area contributed by atoms with E-state index in [-0.39, 0.29) is 32.1 Å². The highest BCUT2D eigenvalue weighted by molar-refractivity contribution is 5.77. The molecular formula is C9H17NO5. The van der Waals surface area contributed by atoms with Gasteiger partial charge in [0.25, 0.3) is 0 Å². The van der Waals surface area contributed by atoms with Gasteiger partial charge in [-0.05, 0) is 12.8 Å². The Kier molecular flexibility index (Phi) is 8.70. The van der Waals surface area contributed by atoms with E-state index in [2.05, 4.69) is 5.32 Å². The molecular weight excluding hydrogens is 202 g/mol. The van der Waals surface area contributed by atoms with Gasteiger partial charge in [0.05, 0.1) is 13.2 Å². The number of amides is 1. The predicted molar refractivity (Wildman–Crippen MR) is 52.4 cm³/mol. The number of carboxylic acids is 1. The summed E-state index contributed by atoms with van der Waals surface area (Å²) < 4.78 is 4.78. The van der Waals surface area contributed by atoms with Gasteiger partial charge >= 0.3 is 5.97 Å². The minimum Gasteiger partial charge on any atom is -0.481 e. The minimum atomic E-state index is -0.826. The van der Waals surface area contributed by atoms with E-state index in [9.17, 15) is 9.59 Å². The number of unbranched alkanes of at least 4 members (excludes halogenated alkanes) is 1. The lowest BCUT2D eigenvalue weighted by Crippen LogP contribution is -2.29. The minimum absolute atomic E-state index is 0.0699. The Morgan fingerprint density at radius 2 is 2.00 bits per heavy atom. The van der Waals surface area contributed by atoms with E-state index in [1.54, 1.807) is 0 Å². The number of hydrogen-bond donors (Lipinski definition) is 3. The van der Waals surface area contributed by atoms with Gasteiger partial charge in [0.2, 0.25) is 5.91 Å². The number of aliphatic hydroxyl groups excluding tert-OH is 1. The highest BCUT2D eigenvalue weighted by Crippen LogP contribution is 1.93. The summed E-state index contributed by atoms with van der Waals surface area (Å²) in [5.74, 6) is -1.08. The average Bonchev–Trinajstić information content (AvgIpc) is 2.17. The lowest BCUT2D eigenvalue weighted by Gasteiger charge is -2.04. The molecule has 0 radical (unpaired) electrons. The molecule has 0 saturated carbocycles. The maximum atomic E-state index is 11.0. The summed E-state index contributed by atoms with van der Waals surface area (Å²) in [6, 6.07) is 0. The van der Waals surface area contributed by atoms with E-state index < -0.39 is 5.97 Å². The fourth-order valence-corrected chi connectivity index (χ4v) is 0.909. The van der Waals surface area contributed by atoms with Crippen molar-refractivity contribution in [3.63, 3.8) is 0 Å². The van der Waals surface area contributed by atoms with Crippen LogP contribution in [0, 0.1) is 0 Å². The molecule has 1 amide bonds. The van der Waals surface area contributed by atoms with Crippen molar-refractivity contribution in [1.29, 1.82) is 0 Å². The van der Waals surface area contributed by atoms with Crippen LogP contribution in [0.3, 0.4) is 0 Å². The Balaban J connectivity index is 3.20. The molecule has 6 nitrogen and oxygen atoms in total. The number of carboxylic acid groups (broad SMARTS) is 1. The molecule has 0 saturated heterocycles. The quantitative estimate of drug-likeness (QED) is 0.448. The first-order valence-corrected chi connectivity index (χ1v) is 4.84. The molecule has 6 heteroatoms. The third-order valence-electron chi connectivity index (χ3n) is 1.61. The van der Waals surface area contributed by atoms with Crippen molar-refractivity contribution in [2.75, 3.05) is 26.4 Å². The smallest absolute Gasteiger partial charge is 0.303 e. The first-order valence-electron chi connectivity index (χ1n) is 4.84. The highest BCUT2D eigenvalue weighted by atomic mass is 16.5. The number of aliphatic carboxylic acids is 1. The molecule has 0 atom stereocenters. The van der Waals surface area contributed by atoms with Crippen molar-refractivity contribution in [2.45, 2.75) is 19.3 Å². The summed E-state index contributed by atoms with van der Waals surface area (Å²) in [6.45, 7) is 0.423. The van der Waals surface area contributed by atoms with Crippen LogP contribution in [0.25, 0.3) is 0 Å². The number of nitrogens with one attached hydrogen (secondary N) is 1. The Morgan fingerprint density at radius 3 is 2.60 bits per heavy atom. The zero-order valence-electron chi connectivity index (χ0n) is 8.57. The Morgan fingerprint density at radius 1 is 1.27 bits per heavy atom. The summed E-state index contributed by atoms with van der Waals surface area (Å²) >= 11 is 0. The second kappa shape index (κ2) is 9.42. The van der Waals surface area contributed by atoms with Crippen LogP contribution < -0.4 is 5.32 Å². The van der Waals surface area contributed by atoms with Crippen LogP contribution in [-0.4, -0.2) is 48.5 Å². The Labute approximate surface area is 88.2 Å². The number of ether oxygens (including phenoxy) is 1. The van der Waals surface area contributed by atoms with Crippen molar-refractivity contribution in [1.82, 2.24) is 5.32 Å². The molecule has 0 aliphatic heterocycles. The summed E-state index contributed by atoms with van der Waals surface area (Å²) in [6.07, 6.45) is 1.31. The molecule has 0 spiro atoms. The molecule has 0 aliphatic rings. The number of carbonyl (C=O) groups excluding carboxylic acids is 1. The van der Waals surface area contributed by atoms with Crippen molar-refractivity contribution in [3.05, 3.63) is 0 Å². The SMILES string of the molecule is O=C(O)CCCCNC(=O)COCCO. The molecule has 0 unspecified atom stereocenters. The van der Waals surface area contributed by atoms with Gasteiger partial charge in [-0.3, -0.25) is 9.59 Å². The Hall–Kier alpha value is -1.14. The van der Waals surface area contributed by atoms with Crippen molar-refractivity contribution in [2.24, 2.45) is 0 Å². The third kappa shape index (κ3) is 10.8. The standard InChI is InChI=1S/C9H17NO5/c11-5-6-15-7-8(12)10-4-2-1-3-9(13)14/h11H,1-7H2,(H,10,12)(H,13,14). The molecule has 0 aromatic heterocycles. The summed E-state index contributed by atoms with van der Waals surface area (Å²) in [4.78, 5) is 21.1. The molecule has 88 valence electrons. The molecule has 15 heavy (non-hydrogen) atoms. The number of rotatable bonds is 9. The normalized spacial score (nSPS) is 9.93. The molecule has 3 N–H and O–H groups in total. The molecule has 0 rings (SSSR count). The number of carbonyl (C=O) groups is 2. The van der Waals surface area contributed by atoms with Crippen LogP contribution in [0.5, 0.6) is 0 Å². The van der Waals surface area contributed by atoms with Gasteiger partial charge in [0, 0.05) is 13.0 Å². The molecule has 0 heterocycles. The van der Waals surface area contributed by atoms with Gasteiger partial charge < -0.3 is 20.3 Å². The van der Waals surface area contributed by atoms with Gasteiger partial charge in [-0.25, -0.2) is 0 Å². The fraction of sp³-hybridized carbons (Fsp3) is 0.778. The zero-order valence-corrected chi connectivity index (χ0v) is 8.57. The van der Waals surface area contributed by atoms with E-state index in [1.807, 2.05) is 0 Å². The molecule has 0 aromatic rings. The average molecular weight is 219 g/mol. The summed E-state index contributed by atoms with van der Waals surface area (Å²) in [5, 5.41) is 19.3. The first-order chi connectivity index (χ1) is 7.16. The third-order valence-corrected chi connectivity index (χ3v) is 1.61. The molecule has 0 aromatic carbocycles. The van der Waals surface area contributed by atoms with Gasteiger partial charge in [-0.1, -0.05) is 0 Å². The number of hydrogen-bond acceptors (Lipinski definition) is 4. The lowest BCUT2D eigenvalue weighted by atomic mass is 10.2. The van der Waals surface area contributed by atoms with Crippen LogP contribution in [0.1, 0.15) is 19.3 Å². The maximum absolute atomic E-state index is 11.0. The van der Waals surface area contributed by atoms with E-state index >= 15 is 0 Å². The van der Waals surface area contributed by atoms with Gasteiger partial charge in [0.1, 0.15) is 6.61 Å². The van der Waals surface area contributed by atoms with Gasteiger partial charge in [-0.15, -0.1) is 0 Å². The second-order valence-corrected chi connectivity index (χ2v) is 2.98. The zero-order chi connectivity index (χ0) is 11.5. The van der Waals surface area contributed by atoms with E-state index in [0.717, 1.165) is 0 Å². The van der Waals surface area contributed by atoms with Crippen LogP contribution in [0.15, 0.2) is 0 Å². The van der Waals surface area contributed by atoms with Crippen molar-refractivity contribution >= 4 is 11.9 Å². The predicted octanol–water partition coefficient (Wildman–Crippen LogP) is -0.634. The maximum Gasteiger partial charge on any atom is 0.303 e. The van der Waals surface area contributed by atoms with Gasteiger partial charge in [0.15, 0.2) is 0 Å². The Bertz CT molecular complexity index is 195. The van der Waals surface area contributed by atoms with Crippen molar-refractivity contribution < 1.29 is 24.5 Å². The van der Waals surface area contributed by atoms with Crippen LogP contribution in [0.4, 0.5) is 0 Å². The summed E-state index contributed by atoms with van der Waals surface area (Å²) in [5.41, 5.74) is 0. The number of aliphatic hydroxyl groups is 1. The van der Waals surface area contributed by atoms with Crippen LogP contribution >= 0.6 is 0 Å².